The Morgan fingerprint density at radius 1 is 1.11 bits per heavy atom. The highest BCUT2D eigenvalue weighted by Gasteiger charge is 2.25. The van der Waals surface area contributed by atoms with Crippen LogP contribution in [0.2, 0.25) is 0 Å². The Labute approximate surface area is 106 Å². The Hall–Kier alpha value is -2.09. The maximum Gasteiger partial charge on any atom is 0.150 e. The lowest BCUT2D eigenvalue weighted by molar-refractivity contribution is 0.112. The average molecular weight is 238 g/mol. The minimum absolute atomic E-state index is 0.506. The summed E-state index contributed by atoms with van der Waals surface area (Å²) in [7, 11) is 0. The zero-order valence-corrected chi connectivity index (χ0v) is 10.0. The molecule has 18 heavy (non-hydrogen) atoms. The molecule has 3 rings (SSSR count). The van der Waals surface area contributed by atoms with Crippen LogP contribution in [0.4, 0.5) is 0 Å². The summed E-state index contributed by atoms with van der Waals surface area (Å²) in [6.07, 6.45) is 1.94. The number of hydrogen-bond donors (Lipinski definition) is 0. The number of rotatable bonds is 4. The lowest BCUT2D eigenvalue weighted by atomic mass is 9.78. The van der Waals surface area contributed by atoms with Gasteiger partial charge in [0.05, 0.1) is 6.61 Å². The number of carbonyl (C=O) groups excluding carboxylic acids is 1. The van der Waals surface area contributed by atoms with Gasteiger partial charge in [-0.3, -0.25) is 4.79 Å². The topological polar surface area (TPSA) is 26.3 Å². The van der Waals surface area contributed by atoms with Gasteiger partial charge in [0.1, 0.15) is 12.0 Å². The van der Waals surface area contributed by atoms with Gasteiger partial charge in [0, 0.05) is 11.5 Å². The van der Waals surface area contributed by atoms with Crippen LogP contribution in [0.15, 0.2) is 48.5 Å². The number of fused-ring (bicyclic) bond motifs is 1. The fraction of sp³-hybridized carbons (Fsp3) is 0.188. The second-order valence-electron chi connectivity index (χ2n) is 4.60. The highest BCUT2D eigenvalue weighted by atomic mass is 16.5. The van der Waals surface area contributed by atoms with E-state index in [1.165, 1.54) is 11.1 Å². The van der Waals surface area contributed by atoms with Gasteiger partial charge in [-0.15, -0.1) is 0 Å². The van der Waals surface area contributed by atoms with E-state index in [0.717, 1.165) is 18.5 Å². The Kier molecular flexibility index (Phi) is 2.85. The first-order chi connectivity index (χ1) is 8.86. The molecule has 0 bridgehead atoms. The second-order valence-corrected chi connectivity index (χ2v) is 4.60. The first-order valence-corrected chi connectivity index (χ1v) is 6.12. The molecule has 0 saturated carbocycles. The van der Waals surface area contributed by atoms with Crippen LogP contribution in [0, 0.1) is 0 Å². The molecule has 0 radical (unpaired) electrons. The first kappa shape index (κ1) is 11.0. The van der Waals surface area contributed by atoms with Gasteiger partial charge in [-0.1, -0.05) is 24.3 Å². The number of carbonyl (C=O) groups is 1. The van der Waals surface area contributed by atoms with Gasteiger partial charge >= 0.3 is 0 Å². The van der Waals surface area contributed by atoms with E-state index in [1.54, 1.807) is 12.1 Å². The van der Waals surface area contributed by atoms with E-state index >= 15 is 0 Å². The fourth-order valence-corrected chi connectivity index (χ4v) is 2.35. The van der Waals surface area contributed by atoms with Gasteiger partial charge in [-0.25, -0.2) is 0 Å². The summed E-state index contributed by atoms with van der Waals surface area (Å²) >= 11 is 0. The largest absolute Gasteiger partial charge is 0.493 e. The fourth-order valence-electron chi connectivity index (χ4n) is 2.35. The smallest absolute Gasteiger partial charge is 0.150 e. The summed E-state index contributed by atoms with van der Waals surface area (Å²) in [6.45, 7) is 0.706. The summed E-state index contributed by atoms with van der Waals surface area (Å²) in [5.74, 6) is 1.33. The molecule has 1 aliphatic carbocycles. The zero-order valence-electron chi connectivity index (χ0n) is 10.0. The standard InChI is InChI=1S/C16H14O2/c17-10-12-5-7-15(8-6-12)18-11-14-9-13-3-1-2-4-16(13)14/h1-8,10,14H,9,11H2. The Morgan fingerprint density at radius 2 is 1.89 bits per heavy atom. The van der Waals surface area contributed by atoms with Crippen molar-refractivity contribution in [2.24, 2.45) is 0 Å². The van der Waals surface area contributed by atoms with Crippen molar-refractivity contribution in [2.75, 3.05) is 6.61 Å². The molecule has 1 atom stereocenters. The van der Waals surface area contributed by atoms with Crippen molar-refractivity contribution in [3.05, 3.63) is 65.2 Å². The van der Waals surface area contributed by atoms with Crippen LogP contribution in [0.1, 0.15) is 27.4 Å². The van der Waals surface area contributed by atoms with E-state index in [-0.39, 0.29) is 0 Å². The van der Waals surface area contributed by atoms with E-state index in [2.05, 4.69) is 24.3 Å². The van der Waals surface area contributed by atoms with Gasteiger partial charge < -0.3 is 4.74 Å². The Morgan fingerprint density at radius 3 is 2.61 bits per heavy atom. The number of aldehydes is 1. The maximum absolute atomic E-state index is 10.5. The van der Waals surface area contributed by atoms with Crippen molar-refractivity contribution in [1.82, 2.24) is 0 Å². The molecule has 0 aromatic heterocycles. The van der Waals surface area contributed by atoms with E-state index in [9.17, 15) is 4.79 Å². The van der Waals surface area contributed by atoms with Crippen molar-refractivity contribution in [1.29, 1.82) is 0 Å². The van der Waals surface area contributed by atoms with E-state index < -0.39 is 0 Å². The third kappa shape index (κ3) is 2.02. The van der Waals surface area contributed by atoms with Crippen molar-refractivity contribution in [3.8, 4) is 5.75 Å². The quantitative estimate of drug-likeness (QED) is 0.764. The molecule has 2 heteroatoms. The Bertz CT molecular complexity index is 558. The van der Waals surface area contributed by atoms with Crippen molar-refractivity contribution < 1.29 is 9.53 Å². The molecular formula is C16H14O2. The van der Waals surface area contributed by atoms with Crippen LogP contribution < -0.4 is 4.74 Å². The third-order valence-corrected chi connectivity index (χ3v) is 3.43. The molecule has 0 N–H and O–H groups in total. The van der Waals surface area contributed by atoms with Crippen LogP contribution in [0.25, 0.3) is 0 Å². The van der Waals surface area contributed by atoms with Gasteiger partial charge in [0.25, 0.3) is 0 Å². The highest BCUT2D eigenvalue weighted by Crippen LogP contribution is 2.35. The molecule has 0 aliphatic heterocycles. The van der Waals surface area contributed by atoms with E-state index in [1.807, 2.05) is 12.1 Å². The van der Waals surface area contributed by atoms with Crippen LogP contribution in [-0.2, 0) is 6.42 Å². The molecule has 2 nitrogen and oxygen atoms in total. The van der Waals surface area contributed by atoms with Gasteiger partial charge in [-0.2, -0.15) is 0 Å². The molecule has 2 aromatic carbocycles. The predicted octanol–water partition coefficient (Wildman–Crippen LogP) is 3.22. The monoisotopic (exact) mass is 238 g/mol. The minimum atomic E-state index is 0.506. The highest BCUT2D eigenvalue weighted by molar-refractivity contribution is 5.74. The Balaban J connectivity index is 1.61. The lowest BCUT2D eigenvalue weighted by Gasteiger charge is -2.29. The molecule has 90 valence electrons. The summed E-state index contributed by atoms with van der Waals surface area (Å²) < 4.78 is 5.75. The molecular weight excluding hydrogens is 224 g/mol. The molecule has 1 aliphatic rings. The van der Waals surface area contributed by atoms with Gasteiger partial charge in [0.15, 0.2) is 0 Å². The first-order valence-electron chi connectivity index (χ1n) is 6.12. The molecule has 0 spiro atoms. The molecule has 0 saturated heterocycles. The van der Waals surface area contributed by atoms with Crippen molar-refractivity contribution >= 4 is 6.29 Å². The van der Waals surface area contributed by atoms with Crippen LogP contribution in [-0.4, -0.2) is 12.9 Å². The summed E-state index contributed by atoms with van der Waals surface area (Å²) in [6, 6.07) is 15.7. The van der Waals surface area contributed by atoms with Crippen LogP contribution in [0.3, 0.4) is 0 Å². The molecule has 0 amide bonds. The van der Waals surface area contributed by atoms with E-state index in [4.69, 9.17) is 4.74 Å². The summed E-state index contributed by atoms with van der Waals surface area (Å²) in [5.41, 5.74) is 3.51. The molecule has 1 unspecified atom stereocenters. The van der Waals surface area contributed by atoms with Crippen LogP contribution in [0.5, 0.6) is 5.75 Å². The van der Waals surface area contributed by atoms with Crippen molar-refractivity contribution in [3.63, 3.8) is 0 Å². The number of ether oxygens (including phenoxy) is 1. The SMILES string of the molecule is O=Cc1ccc(OCC2Cc3ccccc32)cc1. The third-order valence-electron chi connectivity index (χ3n) is 3.43. The van der Waals surface area contributed by atoms with E-state index in [0.29, 0.717) is 18.1 Å². The number of hydrogen-bond acceptors (Lipinski definition) is 2. The zero-order chi connectivity index (χ0) is 12.4. The number of benzene rings is 2. The van der Waals surface area contributed by atoms with Crippen molar-refractivity contribution in [2.45, 2.75) is 12.3 Å². The van der Waals surface area contributed by atoms with Gasteiger partial charge in [-0.05, 0) is 41.8 Å². The van der Waals surface area contributed by atoms with Gasteiger partial charge in [0.2, 0.25) is 0 Å². The van der Waals surface area contributed by atoms with Crippen LogP contribution >= 0.6 is 0 Å². The lowest BCUT2D eigenvalue weighted by Crippen LogP contribution is -2.23. The minimum Gasteiger partial charge on any atom is -0.493 e. The summed E-state index contributed by atoms with van der Waals surface area (Å²) in [4.78, 5) is 10.5. The predicted molar refractivity (Wildman–Crippen MR) is 70.2 cm³/mol. The maximum atomic E-state index is 10.5. The average Bonchev–Trinajstić information content (AvgIpc) is 2.40. The molecule has 0 fully saturated rings. The second kappa shape index (κ2) is 4.65. The normalized spacial score (nSPS) is 16.6. The molecule has 2 aromatic rings. The summed E-state index contributed by atoms with van der Waals surface area (Å²) in [5, 5.41) is 0. The molecule has 0 heterocycles.